The first-order valence-corrected chi connectivity index (χ1v) is 6.99. The second kappa shape index (κ2) is 6.90. The molecule has 0 unspecified atom stereocenters. The molecule has 2 fully saturated rings. The molecule has 0 saturated carbocycles. The summed E-state index contributed by atoms with van der Waals surface area (Å²) in [5.74, 6) is -1.15. The van der Waals surface area contributed by atoms with E-state index < -0.39 is 5.97 Å². The van der Waals surface area contributed by atoms with E-state index in [1.807, 2.05) is 0 Å². The van der Waals surface area contributed by atoms with Crippen molar-refractivity contribution in [3.05, 3.63) is 0 Å². The van der Waals surface area contributed by atoms with Crippen LogP contribution in [0, 0.1) is 5.92 Å². The summed E-state index contributed by atoms with van der Waals surface area (Å²) in [6, 6.07) is -0.101. The van der Waals surface area contributed by atoms with E-state index in [0.717, 1.165) is 13.1 Å². The lowest BCUT2D eigenvalue weighted by Crippen LogP contribution is -2.53. The third-order valence-corrected chi connectivity index (χ3v) is 4.05. The Morgan fingerprint density at radius 3 is 2.60 bits per heavy atom. The molecule has 2 saturated heterocycles. The van der Waals surface area contributed by atoms with E-state index in [-0.39, 0.29) is 18.1 Å². The Bertz CT molecular complexity index is 357. The molecule has 1 amide bonds. The Kier molecular flexibility index (Phi) is 5.19. The molecule has 2 aliphatic rings. The maximum atomic E-state index is 11.8. The lowest BCUT2D eigenvalue weighted by molar-refractivity contribution is -0.144. The molecule has 20 heavy (non-hydrogen) atoms. The summed E-state index contributed by atoms with van der Waals surface area (Å²) in [4.78, 5) is 26.9. The van der Waals surface area contributed by atoms with Crippen LogP contribution in [0.25, 0.3) is 0 Å². The van der Waals surface area contributed by atoms with E-state index in [4.69, 9.17) is 9.47 Å². The number of morpholine rings is 1. The molecule has 2 aliphatic heterocycles. The number of hydrogen-bond acceptors (Lipinski definition) is 5. The Morgan fingerprint density at radius 1 is 1.30 bits per heavy atom. The van der Waals surface area contributed by atoms with Crippen molar-refractivity contribution in [2.45, 2.75) is 18.9 Å². The first-order valence-electron chi connectivity index (χ1n) is 6.99. The second-order valence-electron chi connectivity index (χ2n) is 5.29. The van der Waals surface area contributed by atoms with Gasteiger partial charge >= 0.3 is 12.1 Å². The average molecular weight is 286 g/mol. The molecule has 0 aliphatic carbocycles. The van der Waals surface area contributed by atoms with Gasteiger partial charge in [-0.3, -0.25) is 9.69 Å². The van der Waals surface area contributed by atoms with Crippen LogP contribution in [-0.4, -0.2) is 79.5 Å². The van der Waals surface area contributed by atoms with Crippen molar-refractivity contribution in [1.82, 2.24) is 9.80 Å². The highest BCUT2D eigenvalue weighted by Crippen LogP contribution is 2.24. The molecule has 114 valence electrons. The van der Waals surface area contributed by atoms with Gasteiger partial charge in [-0.2, -0.15) is 0 Å². The van der Waals surface area contributed by atoms with Crippen molar-refractivity contribution in [3.8, 4) is 0 Å². The summed E-state index contributed by atoms with van der Waals surface area (Å²) in [6.45, 7) is 4.15. The fraction of sp³-hybridized carbons (Fsp3) is 0.846. The number of methoxy groups -OCH3 is 1. The fourth-order valence-corrected chi connectivity index (χ4v) is 2.89. The van der Waals surface area contributed by atoms with Crippen LogP contribution in [0.1, 0.15) is 12.8 Å². The number of aliphatic carboxylic acids is 1. The van der Waals surface area contributed by atoms with Gasteiger partial charge in [0.2, 0.25) is 0 Å². The van der Waals surface area contributed by atoms with E-state index in [1.165, 1.54) is 7.11 Å². The number of nitrogens with zero attached hydrogens (tertiary/aromatic N) is 2. The van der Waals surface area contributed by atoms with Crippen LogP contribution in [0.2, 0.25) is 0 Å². The van der Waals surface area contributed by atoms with E-state index in [0.29, 0.717) is 39.1 Å². The number of likely N-dealkylation sites (tertiary alicyclic amines) is 1. The van der Waals surface area contributed by atoms with E-state index in [1.54, 1.807) is 4.90 Å². The van der Waals surface area contributed by atoms with Crippen molar-refractivity contribution < 1.29 is 24.2 Å². The van der Waals surface area contributed by atoms with Gasteiger partial charge < -0.3 is 19.5 Å². The van der Waals surface area contributed by atoms with Crippen LogP contribution in [0.3, 0.4) is 0 Å². The van der Waals surface area contributed by atoms with Gasteiger partial charge in [0.1, 0.15) is 0 Å². The van der Waals surface area contributed by atoms with Crippen LogP contribution in [-0.2, 0) is 14.3 Å². The number of carbonyl (C=O) groups is 2. The van der Waals surface area contributed by atoms with Crippen LogP contribution in [0.15, 0.2) is 0 Å². The Labute approximate surface area is 118 Å². The number of ether oxygens (including phenoxy) is 2. The standard InChI is InChI=1S/C13H22N2O5/c1-19-13(18)15-3-2-10(12(16)17)8-11(15)9-14-4-6-20-7-5-14/h10-11H,2-9H2,1H3,(H,16,17)/t10-,11-/m0/s1. The van der Waals surface area contributed by atoms with Gasteiger partial charge in [0.25, 0.3) is 0 Å². The van der Waals surface area contributed by atoms with Crippen molar-refractivity contribution in [1.29, 1.82) is 0 Å². The minimum atomic E-state index is -0.776. The predicted octanol–water partition coefficient (Wildman–Crippen LogP) is 0.250. The van der Waals surface area contributed by atoms with Gasteiger partial charge in [-0.1, -0.05) is 0 Å². The normalized spacial score (nSPS) is 28.1. The summed E-state index contributed by atoms with van der Waals surface area (Å²) < 4.78 is 10.1. The molecule has 0 aromatic heterocycles. The lowest BCUT2D eigenvalue weighted by atomic mass is 9.90. The number of carboxylic acids is 1. The number of carboxylic acid groups (broad SMARTS) is 1. The first kappa shape index (κ1) is 15.1. The summed E-state index contributed by atoms with van der Waals surface area (Å²) in [5, 5.41) is 9.18. The number of rotatable bonds is 3. The SMILES string of the molecule is COC(=O)N1CC[C@H](C(=O)O)C[C@H]1CN1CCOCC1. The molecule has 2 heterocycles. The summed E-state index contributed by atoms with van der Waals surface area (Å²) in [5.41, 5.74) is 0. The van der Waals surface area contributed by atoms with Crippen LogP contribution >= 0.6 is 0 Å². The van der Waals surface area contributed by atoms with Gasteiger partial charge in [0.05, 0.1) is 26.2 Å². The Morgan fingerprint density at radius 2 is 2.00 bits per heavy atom. The summed E-state index contributed by atoms with van der Waals surface area (Å²) in [6.07, 6.45) is 0.610. The fourth-order valence-electron chi connectivity index (χ4n) is 2.89. The van der Waals surface area contributed by atoms with Crippen molar-refractivity contribution in [2.24, 2.45) is 5.92 Å². The minimum Gasteiger partial charge on any atom is -0.481 e. The summed E-state index contributed by atoms with van der Waals surface area (Å²) in [7, 11) is 1.36. The van der Waals surface area contributed by atoms with Crippen LogP contribution in [0.4, 0.5) is 4.79 Å². The van der Waals surface area contributed by atoms with Gasteiger partial charge in [-0.15, -0.1) is 0 Å². The third kappa shape index (κ3) is 3.61. The number of piperidine rings is 1. The number of carbonyl (C=O) groups excluding carboxylic acids is 1. The maximum Gasteiger partial charge on any atom is 0.409 e. The highest BCUT2D eigenvalue weighted by atomic mass is 16.5. The van der Waals surface area contributed by atoms with Crippen molar-refractivity contribution in [2.75, 3.05) is 46.5 Å². The smallest absolute Gasteiger partial charge is 0.409 e. The van der Waals surface area contributed by atoms with E-state index in [9.17, 15) is 14.7 Å². The predicted molar refractivity (Wildman–Crippen MR) is 70.5 cm³/mol. The van der Waals surface area contributed by atoms with E-state index >= 15 is 0 Å². The zero-order valence-electron chi connectivity index (χ0n) is 11.8. The number of hydrogen-bond donors (Lipinski definition) is 1. The van der Waals surface area contributed by atoms with Crippen molar-refractivity contribution >= 4 is 12.1 Å². The second-order valence-corrected chi connectivity index (χ2v) is 5.29. The highest BCUT2D eigenvalue weighted by Gasteiger charge is 2.36. The molecule has 7 nitrogen and oxygen atoms in total. The zero-order valence-corrected chi connectivity index (χ0v) is 11.8. The molecule has 0 radical (unpaired) electrons. The lowest BCUT2D eigenvalue weighted by Gasteiger charge is -2.40. The Hall–Kier alpha value is -1.34. The first-order chi connectivity index (χ1) is 9.61. The molecule has 7 heteroatoms. The maximum absolute atomic E-state index is 11.8. The number of amides is 1. The topological polar surface area (TPSA) is 79.3 Å². The quantitative estimate of drug-likeness (QED) is 0.801. The third-order valence-electron chi connectivity index (χ3n) is 4.05. The molecule has 0 aromatic rings. The minimum absolute atomic E-state index is 0.101. The molecular weight excluding hydrogens is 264 g/mol. The van der Waals surface area contributed by atoms with Gasteiger partial charge in [0, 0.05) is 32.2 Å². The highest BCUT2D eigenvalue weighted by molar-refractivity contribution is 5.72. The van der Waals surface area contributed by atoms with Gasteiger partial charge in [-0.25, -0.2) is 4.79 Å². The molecule has 0 spiro atoms. The van der Waals surface area contributed by atoms with Gasteiger partial charge in [0.15, 0.2) is 0 Å². The molecular formula is C13H22N2O5. The largest absolute Gasteiger partial charge is 0.481 e. The molecule has 1 N–H and O–H groups in total. The van der Waals surface area contributed by atoms with Gasteiger partial charge in [-0.05, 0) is 12.8 Å². The summed E-state index contributed by atoms with van der Waals surface area (Å²) >= 11 is 0. The zero-order chi connectivity index (χ0) is 14.5. The monoisotopic (exact) mass is 286 g/mol. The molecule has 2 atom stereocenters. The molecule has 0 bridgehead atoms. The molecule has 2 rings (SSSR count). The Balaban J connectivity index is 2.00. The van der Waals surface area contributed by atoms with Crippen molar-refractivity contribution in [3.63, 3.8) is 0 Å². The van der Waals surface area contributed by atoms with Crippen LogP contribution < -0.4 is 0 Å². The van der Waals surface area contributed by atoms with E-state index in [2.05, 4.69) is 4.90 Å². The molecule has 0 aromatic carbocycles. The van der Waals surface area contributed by atoms with Crippen LogP contribution in [0.5, 0.6) is 0 Å². The average Bonchev–Trinajstić information content (AvgIpc) is 2.47.